The van der Waals surface area contributed by atoms with Crippen molar-refractivity contribution in [2.75, 3.05) is 20.3 Å². The van der Waals surface area contributed by atoms with E-state index >= 15 is 0 Å². The highest BCUT2D eigenvalue weighted by molar-refractivity contribution is 5.83. The number of ether oxygens (including phenoxy) is 2. The summed E-state index contributed by atoms with van der Waals surface area (Å²) in [5.41, 5.74) is 5.80. The molecule has 0 N–H and O–H groups in total. The van der Waals surface area contributed by atoms with E-state index in [1.54, 1.807) is 7.11 Å². The molecule has 2 aromatic heterocycles. The molecule has 2 aromatic carbocycles. The van der Waals surface area contributed by atoms with Crippen LogP contribution in [0.4, 0.5) is 0 Å². The summed E-state index contributed by atoms with van der Waals surface area (Å²) in [4.78, 5) is 4.48. The van der Waals surface area contributed by atoms with Crippen molar-refractivity contribution < 1.29 is 9.47 Å². The summed E-state index contributed by atoms with van der Waals surface area (Å²) >= 11 is 0. The lowest BCUT2D eigenvalue weighted by molar-refractivity contribution is -0.0286. The Hall–Kier alpha value is -3.18. The van der Waals surface area contributed by atoms with Crippen molar-refractivity contribution in [1.82, 2.24) is 14.8 Å². The first-order valence-electron chi connectivity index (χ1n) is 9.43. The van der Waals surface area contributed by atoms with Crippen LogP contribution in [0.5, 0.6) is 5.75 Å². The topological polar surface area (TPSA) is 49.2 Å². The number of pyridine rings is 1. The molecular formula is C23H21N3O2. The quantitative estimate of drug-likeness (QED) is 0.526. The SMILES string of the molecule is COc1ccc2nccc(Cc3cccc(-c4cnn(C5COC5)c4)c3)c2c1. The van der Waals surface area contributed by atoms with Crippen molar-refractivity contribution in [3.05, 3.63) is 78.2 Å². The van der Waals surface area contributed by atoms with Crippen LogP contribution in [-0.4, -0.2) is 35.1 Å². The Morgan fingerprint density at radius 2 is 2.04 bits per heavy atom. The molecule has 3 heterocycles. The van der Waals surface area contributed by atoms with Crippen LogP contribution in [0, 0.1) is 0 Å². The highest BCUT2D eigenvalue weighted by Gasteiger charge is 2.21. The molecule has 1 saturated heterocycles. The molecule has 0 radical (unpaired) electrons. The van der Waals surface area contributed by atoms with Crippen LogP contribution >= 0.6 is 0 Å². The van der Waals surface area contributed by atoms with Crippen molar-refractivity contribution in [3.63, 3.8) is 0 Å². The normalized spacial score (nSPS) is 14.2. The van der Waals surface area contributed by atoms with Crippen molar-refractivity contribution in [3.8, 4) is 16.9 Å². The summed E-state index contributed by atoms with van der Waals surface area (Å²) < 4.78 is 12.7. The summed E-state index contributed by atoms with van der Waals surface area (Å²) in [6.07, 6.45) is 6.76. The fourth-order valence-electron chi connectivity index (χ4n) is 3.61. The molecule has 0 spiro atoms. The second kappa shape index (κ2) is 7.09. The van der Waals surface area contributed by atoms with Gasteiger partial charge in [0.15, 0.2) is 0 Å². The van der Waals surface area contributed by atoms with E-state index in [0.29, 0.717) is 6.04 Å². The molecule has 5 nitrogen and oxygen atoms in total. The van der Waals surface area contributed by atoms with Gasteiger partial charge < -0.3 is 9.47 Å². The van der Waals surface area contributed by atoms with E-state index in [1.165, 1.54) is 16.7 Å². The van der Waals surface area contributed by atoms with Gasteiger partial charge in [-0.2, -0.15) is 5.10 Å². The molecule has 1 fully saturated rings. The molecule has 4 aromatic rings. The van der Waals surface area contributed by atoms with Crippen molar-refractivity contribution in [2.45, 2.75) is 12.5 Å². The van der Waals surface area contributed by atoms with Crippen LogP contribution in [0.15, 0.2) is 67.1 Å². The summed E-state index contributed by atoms with van der Waals surface area (Å²) in [7, 11) is 1.69. The molecule has 0 aliphatic carbocycles. The van der Waals surface area contributed by atoms with E-state index in [0.717, 1.165) is 41.9 Å². The number of rotatable bonds is 5. The number of fused-ring (bicyclic) bond motifs is 1. The minimum Gasteiger partial charge on any atom is -0.497 e. The fourth-order valence-corrected chi connectivity index (χ4v) is 3.61. The summed E-state index contributed by atoms with van der Waals surface area (Å²) in [6, 6.07) is 17.1. The second-order valence-electron chi connectivity index (χ2n) is 7.13. The zero-order valence-corrected chi connectivity index (χ0v) is 15.7. The van der Waals surface area contributed by atoms with Crippen LogP contribution in [0.1, 0.15) is 17.2 Å². The van der Waals surface area contributed by atoms with Gasteiger partial charge in [-0.1, -0.05) is 24.3 Å². The lowest BCUT2D eigenvalue weighted by Gasteiger charge is -2.25. The highest BCUT2D eigenvalue weighted by Crippen LogP contribution is 2.27. The summed E-state index contributed by atoms with van der Waals surface area (Å²) in [5, 5.41) is 5.63. The maximum Gasteiger partial charge on any atom is 0.119 e. The molecule has 140 valence electrons. The molecule has 0 bridgehead atoms. The lowest BCUT2D eigenvalue weighted by Crippen LogP contribution is -2.30. The minimum atomic E-state index is 0.370. The number of methoxy groups -OCH3 is 1. The second-order valence-corrected chi connectivity index (χ2v) is 7.13. The van der Waals surface area contributed by atoms with Gasteiger partial charge in [-0.3, -0.25) is 9.67 Å². The zero-order chi connectivity index (χ0) is 18.9. The van der Waals surface area contributed by atoms with Gasteiger partial charge in [0.1, 0.15) is 5.75 Å². The van der Waals surface area contributed by atoms with Gasteiger partial charge in [-0.05, 0) is 47.4 Å². The van der Waals surface area contributed by atoms with Gasteiger partial charge in [0.25, 0.3) is 0 Å². The Kier molecular flexibility index (Phi) is 4.29. The molecule has 0 saturated carbocycles. The van der Waals surface area contributed by atoms with Gasteiger partial charge in [0, 0.05) is 23.3 Å². The lowest BCUT2D eigenvalue weighted by atomic mass is 9.98. The molecule has 0 amide bonds. The van der Waals surface area contributed by atoms with E-state index in [2.05, 4.69) is 52.7 Å². The third-order valence-corrected chi connectivity index (χ3v) is 5.29. The number of hydrogen-bond acceptors (Lipinski definition) is 4. The van der Waals surface area contributed by atoms with Gasteiger partial charge in [0.05, 0.1) is 38.1 Å². The molecule has 1 aliphatic heterocycles. The number of benzene rings is 2. The first-order valence-corrected chi connectivity index (χ1v) is 9.43. The Morgan fingerprint density at radius 3 is 2.86 bits per heavy atom. The number of hydrogen-bond donors (Lipinski definition) is 0. The fraction of sp³-hybridized carbons (Fsp3) is 0.217. The van der Waals surface area contributed by atoms with Gasteiger partial charge in [-0.15, -0.1) is 0 Å². The minimum absolute atomic E-state index is 0.370. The van der Waals surface area contributed by atoms with Crippen LogP contribution < -0.4 is 4.74 Å². The Bertz CT molecular complexity index is 1130. The van der Waals surface area contributed by atoms with Crippen LogP contribution in [0.2, 0.25) is 0 Å². The van der Waals surface area contributed by atoms with Crippen LogP contribution in [0.25, 0.3) is 22.0 Å². The Balaban J connectivity index is 1.45. The van der Waals surface area contributed by atoms with E-state index < -0.39 is 0 Å². The molecular weight excluding hydrogens is 350 g/mol. The van der Waals surface area contributed by atoms with Gasteiger partial charge in [-0.25, -0.2) is 0 Å². The van der Waals surface area contributed by atoms with E-state index in [-0.39, 0.29) is 0 Å². The largest absolute Gasteiger partial charge is 0.497 e. The molecule has 5 heteroatoms. The number of nitrogens with zero attached hydrogens (tertiary/aromatic N) is 3. The highest BCUT2D eigenvalue weighted by atomic mass is 16.5. The average molecular weight is 371 g/mol. The Labute approximate surface area is 163 Å². The number of aromatic nitrogens is 3. The van der Waals surface area contributed by atoms with Gasteiger partial charge >= 0.3 is 0 Å². The molecule has 0 atom stereocenters. The zero-order valence-electron chi connectivity index (χ0n) is 15.7. The third kappa shape index (κ3) is 3.14. The predicted octanol–water partition coefficient (Wildman–Crippen LogP) is 4.27. The van der Waals surface area contributed by atoms with E-state index in [4.69, 9.17) is 9.47 Å². The van der Waals surface area contributed by atoms with Gasteiger partial charge in [0.2, 0.25) is 0 Å². The average Bonchev–Trinajstić information content (AvgIpc) is 3.16. The maximum atomic E-state index is 5.39. The van der Waals surface area contributed by atoms with Crippen LogP contribution in [0.3, 0.4) is 0 Å². The van der Waals surface area contributed by atoms with E-state index in [1.807, 2.05) is 29.2 Å². The standard InChI is InChI=1S/C23H21N3O2/c1-27-21-5-6-23-22(11-21)18(7-8-24-23)10-16-3-2-4-17(9-16)19-12-25-26(13-19)20-14-28-15-20/h2-9,11-13,20H,10,14-15H2,1H3. The van der Waals surface area contributed by atoms with Crippen molar-refractivity contribution in [1.29, 1.82) is 0 Å². The van der Waals surface area contributed by atoms with Crippen molar-refractivity contribution >= 4 is 10.9 Å². The van der Waals surface area contributed by atoms with Crippen molar-refractivity contribution in [2.24, 2.45) is 0 Å². The molecule has 28 heavy (non-hydrogen) atoms. The molecule has 1 aliphatic rings. The first kappa shape index (κ1) is 17.0. The Morgan fingerprint density at radius 1 is 1.11 bits per heavy atom. The first-order chi connectivity index (χ1) is 13.8. The molecule has 0 unspecified atom stereocenters. The van der Waals surface area contributed by atoms with E-state index in [9.17, 15) is 0 Å². The summed E-state index contributed by atoms with van der Waals surface area (Å²) in [6.45, 7) is 1.50. The molecule has 5 rings (SSSR count). The third-order valence-electron chi connectivity index (χ3n) is 5.29. The monoisotopic (exact) mass is 371 g/mol. The maximum absolute atomic E-state index is 5.39. The smallest absolute Gasteiger partial charge is 0.119 e. The predicted molar refractivity (Wildman–Crippen MR) is 109 cm³/mol. The van der Waals surface area contributed by atoms with Crippen LogP contribution in [-0.2, 0) is 11.2 Å². The summed E-state index contributed by atoms with van der Waals surface area (Å²) in [5.74, 6) is 0.850.